The normalized spacial score (nSPS) is 14.1. The predicted octanol–water partition coefficient (Wildman–Crippen LogP) is 3.18. The summed E-state index contributed by atoms with van der Waals surface area (Å²) in [5.41, 5.74) is 4.64. The monoisotopic (exact) mass is 320 g/mol. The van der Waals surface area contributed by atoms with Crippen LogP contribution < -0.4 is 11.1 Å². The average Bonchev–Trinajstić information content (AvgIpc) is 2.25. The van der Waals surface area contributed by atoms with Crippen molar-refractivity contribution in [1.29, 1.82) is 0 Å². The minimum absolute atomic E-state index is 0.0772. The second-order valence-corrected chi connectivity index (χ2v) is 5.22. The van der Waals surface area contributed by atoms with Gasteiger partial charge in [-0.15, -0.1) is 0 Å². The van der Waals surface area contributed by atoms with Crippen molar-refractivity contribution in [1.82, 2.24) is 0 Å². The number of halogens is 3. The van der Waals surface area contributed by atoms with Crippen molar-refractivity contribution in [3.8, 4) is 0 Å². The Hall–Kier alpha value is -1.01. The number of hydrogen-bond donors (Lipinski definition) is 2. The molecular weight excluding hydrogens is 306 g/mol. The van der Waals surface area contributed by atoms with E-state index < -0.39 is 23.1 Å². The molecule has 3 nitrogen and oxygen atoms in total. The Morgan fingerprint density at radius 1 is 1.44 bits per heavy atom. The Morgan fingerprint density at radius 3 is 2.61 bits per heavy atom. The summed E-state index contributed by atoms with van der Waals surface area (Å²) in [5.74, 6) is -2.06. The minimum atomic E-state index is -1.08. The molecule has 0 saturated heterocycles. The van der Waals surface area contributed by atoms with Gasteiger partial charge in [-0.2, -0.15) is 0 Å². The summed E-state index contributed by atoms with van der Waals surface area (Å²) >= 11 is 2.93. The summed E-state index contributed by atoms with van der Waals surface area (Å²) in [6, 6.07) is 1.87. The third-order valence-electron chi connectivity index (χ3n) is 2.55. The van der Waals surface area contributed by atoms with Crippen molar-refractivity contribution in [3.05, 3.63) is 28.2 Å². The Bertz CT molecular complexity index is 464. The van der Waals surface area contributed by atoms with E-state index in [9.17, 15) is 13.6 Å². The van der Waals surface area contributed by atoms with Gasteiger partial charge in [0.1, 0.15) is 11.6 Å². The number of nitrogens with one attached hydrogen (secondary N) is 1. The van der Waals surface area contributed by atoms with Crippen LogP contribution in [0.5, 0.6) is 0 Å². The van der Waals surface area contributed by atoms with Crippen molar-refractivity contribution in [2.75, 3.05) is 5.32 Å². The molecule has 0 spiro atoms. The molecule has 1 atom stereocenters. The summed E-state index contributed by atoms with van der Waals surface area (Å²) in [5, 5.41) is 2.37. The van der Waals surface area contributed by atoms with Crippen LogP contribution in [0, 0.1) is 11.6 Å². The lowest BCUT2D eigenvalue weighted by molar-refractivity contribution is -0.120. The fourth-order valence-corrected chi connectivity index (χ4v) is 1.86. The van der Waals surface area contributed by atoms with Crippen LogP contribution >= 0.6 is 15.9 Å². The molecule has 100 valence electrons. The van der Waals surface area contributed by atoms with Gasteiger partial charge in [-0.05, 0) is 35.3 Å². The zero-order valence-corrected chi connectivity index (χ0v) is 11.8. The highest BCUT2D eigenvalue weighted by molar-refractivity contribution is 9.10. The fourth-order valence-electron chi connectivity index (χ4n) is 1.52. The molecule has 0 fully saturated rings. The lowest BCUT2D eigenvalue weighted by Gasteiger charge is -2.23. The first-order chi connectivity index (χ1) is 8.27. The molecule has 6 heteroatoms. The molecule has 0 saturated carbocycles. The molecule has 1 aromatic rings. The molecule has 0 aliphatic carbocycles. The Balaban J connectivity index is 2.92. The van der Waals surface area contributed by atoms with Gasteiger partial charge < -0.3 is 11.1 Å². The molecule has 0 radical (unpaired) electrons. The topological polar surface area (TPSA) is 55.1 Å². The summed E-state index contributed by atoms with van der Waals surface area (Å²) < 4.78 is 26.6. The van der Waals surface area contributed by atoms with Crippen molar-refractivity contribution in [2.24, 2.45) is 5.73 Å². The maximum absolute atomic E-state index is 13.4. The van der Waals surface area contributed by atoms with Gasteiger partial charge in [-0.25, -0.2) is 8.78 Å². The summed E-state index contributed by atoms with van der Waals surface area (Å²) in [4.78, 5) is 11.9. The van der Waals surface area contributed by atoms with E-state index >= 15 is 0 Å². The third kappa shape index (κ3) is 3.49. The van der Waals surface area contributed by atoms with Crippen LogP contribution in [0.1, 0.15) is 26.7 Å². The van der Waals surface area contributed by atoms with E-state index in [1.807, 2.05) is 6.92 Å². The average molecular weight is 321 g/mol. The smallest absolute Gasteiger partial charge is 0.244 e. The number of nitrogens with two attached hydrogens (primary N) is 1. The Labute approximate surface area is 113 Å². The lowest BCUT2D eigenvalue weighted by Crippen LogP contribution is -2.48. The van der Waals surface area contributed by atoms with Gasteiger partial charge in [0, 0.05) is 6.07 Å². The fraction of sp³-hybridized carbons (Fsp3) is 0.417. The molecule has 1 aromatic carbocycles. The second kappa shape index (κ2) is 5.75. The molecule has 18 heavy (non-hydrogen) atoms. The van der Waals surface area contributed by atoms with Crippen LogP contribution in [0.4, 0.5) is 14.5 Å². The van der Waals surface area contributed by atoms with Crippen LogP contribution in [-0.2, 0) is 4.79 Å². The van der Waals surface area contributed by atoms with Crippen LogP contribution in [0.15, 0.2) is 16.6 Å². The summed E-state index contributed by atoms with van der Waals surface area (Å²) in [6.45, 7) is 3.47. The molecule has 0 aromatic heterocycles. The number of rotatable bonds is 4. The second-order valence-electron chi connectivity index (χ2n) is 4.37. The lowest BCUT2D eigenvalue weighted by atomic mass is 9.96. The van der Waals surface area contributed by atoms with E-state index in [2.05, 4.69) is 21.2 Å². The number of amides is 1. The highest BCUT2D eigenvalue weighted by Gasteiger charge is 2.28. The van der Waals surface area contributed by atoms with Gasteiger partial charge in [-0.1, -0.05) is 13.3 Å². The first-order valence-corrected chi connectivity index (χ1v) is 6.32. The number of carbonyl (C=O) groups excluding carboxylic acids is 1. The summed E-state index contributed by atoms with van der Waals surface area (Å²) in [6.07, 6.45) is 1.21. The van der Waals surface area contributed by atoms with Crippen LogP contribution in [0.25, 0.3) is 0 Å². The zero-order valence-electron chi connectivity index (χ0n) is 10.2. The Kier molecular flexibility index (Phi) is 4.81. The SMILES string of the molecule is CCCC(C)(N)C(=O)Nc1cc(Br)c(F)cc1F. The van der Waals surface area contributed by atoms with Gasteiger partial charge in [0.15, 0.2) is 0 Å². The van der Waals surface area contributed by atoms with Crippen LogP contribution in [0.2, 0.25) is 0 Å². The van der Waals surface area contributed by atoms with Crippen LogP contribution in [0.3, 0.4) is 0 Å². The number of benzene rings is 1. The zero-order chi connectivity index (χ0) is 13.9. The first kappa shape index (κ1) is 15.0. The van der Waals surface area contributed by atoms with Crippen molar-refractivity contribution >= 4 is 27.5 Å². The molecule has 1 rings (SSSR count). The van der Waals surface area contributed by atoms with Gasteiger partial charge in [0.25, 0.3) is 0 Å². The molecule has 0 heterocycles. The molecular formula is C12H15BrF2N2O. The van der Waals surface area contributed by atoms with E-state index in [1.54, 1.807) is 6.92 Å². The molecule has 1 amide bonds. The van der Waals surface area contributed by atoms with Crippen molar-refractivity contribution in [2.45, 2.75) is 32.2 Å². The van der Waals surface area contributed by atoms with E-state index in [4.69, 9.17) is 5.73 Å². The number of carbonyl (C=O) groups is 1. The van der Waals surface area contributed by atoms with Gasteiger partial charge in [-0.3, -0.25) is 4.79 Å². The number of anilines is 1. The van der Waals surface area contributed by atoms with Crippen molar-refractivity contribution < 1.29 is 13.6 Å². The van der Waals surface area contributed by atoms with E-state index in [0.717, 1.165) is 6.42 Å². The van der Waals surface area contributed by atoms with Crippen LogP contribution in [-0.4, -0.2) is 11.4 Å². The minimum Gasteiger partial charge on any atom is -0.322 e. The van der Waals surface area contributed by atoms with E-state index in [0.29, 0.717) is 12.5 Å². The quantitative estimate of drug-likeness (QED) is 0.837. The maximum Gasteiger partial charge on any atom is 0.244 e. The van der Waals surface area contributed by atoms with Gasteiger partial charge in [0.05, 0.1) is 15.7 Å². The van der Waals surface area contributed by atoms with E-state index in [-0.39, 0.29) is 10.2 Å². The van der Waals surface area contributed by atoms with Crippen molar-refractivity contribution in [3.63, 3.8) is 0 Å². The standard InChI is InChI=1S/C12H15BrF2N2O/c1-3-4-12(2,16)11(18)17-10-5-7(13)8(14)6-9(10)15/h5-6H,3-4,16H2,1-2H3,(H,17,18). The molecule has 0 aliphatic rings. The Morgan fingerprint density at radius 2 is 2.06 bits per heavy atom. The molecule has 0 bridgehead atoms. The molecule has 0 aliphatic heterocycles. The highest BCUT2D eigenvalue weighted by Crippen LogP contribution is 2.24. The van der Waals surface area contributed by atoms with Gasteiger partial charge >= 0.3 is 0 Å². The third-order valence-corrected chi connectivity index (χ3v) is 3.15. The number of hydrogen-bond acceptors (Lipinski definition) is 2. The highest BCUT2D eigenvalue weighted by atomic mass is 79.9. The summed E-state index contributed by atoms with van der Waals surface area (Å²) in [7, 11) is 0. The van der Waals surface area contributed by atoms with E-state index in [1.165, 1.54) is 6.07 Å². The maximum atomic E-state index is 13.4. The largest absolute Gasteiger partial charge is 0.322 e. The molecule has 1 unspecified atom stereocenters. The predicted molar refractivity (Wildman–Crippen MR) is 70.2 cm³/mol. The van der Waals surface area contributed by atoms with Gasteiger partial charge in [0.2, 0.25) is 5.91 Å². The molecule has 3 N–H and O–H groups in total. The first-order valence-electron chi connectivity index (χ1n) is 5.53.